The van der Waals surface area contributed by atoms with Crippen LogP contribution in [0.1, 0.15) is 33.6 Å². The molecule has 0 saturated carbocycles. The van der Waals surface area contributed by atoms with Crippen molar-refractivity contribution in [2.75, 3.05) is 39.5 Å². The molecule has 0 unspecified atom stereocenters. The van der Waals surface area contributed by atoms with Crippen LogP contribution in [0.2, 0.25) is 0 Å². The zero-order chi connectivity index (χ0) is 13.2. The summed E-state index contributed by atoms with van der Waals surface area (Å²) in [6.07, 6.45) is 6.63. The van der Waals surface area contributed by atoms with Gasteiger partial charge in [0.15, 0.2) is 0 Å². The minimum absolute atomic E-state index is 0.732. The molecule has 18 heavy (non-hydrogen) atoms. The van der Waals surface area contributed by atoms with Crippen molar-refractivity contribution in [2.24, 2.45) is 0 Å². The average molecular weight is 253 g/mol. The zero-order valence-electron chi connectivity index (χ0n) is 12.1. The molecule has 0 amide bonds. The van der Waals surface area contributed by atoms with Gasteiger partial charge >= 0.3 is 0 Å². The van der Waals surface area contributed by atoms with Crippen molar-refractivity contribution in [2.45, 2.75) is 33.6 Å². The minimum atomic E-state index is 0.732. The van der Waals surface area contributed by atoms with Gasteiger partial charge < -0.3 is 9.47 Å². The predicted octanol–water partition coefficient (Wildman–Crippen LogP) is 2.99. The van der Waals surface area contributed by atoms with Gasteiger partial charge in [0.1, 0.15) is 5.76 Å². The summed E-state index contributed by atoms with van der Waals surface area (Å²) in [5.41, 5.74) is 1.30. The molecule has 0 aromatic carbocycles. The van der Waals surface area contributed by atoms with E-state index in [4.69, 9.17) is 9.47 Å². The maximum atomic E-state index is 5.77. The van der Waals surface area contributed by atoms with Crippen molar-refractivity contribution in [3.63, 3.8) is 0 Å². The van der Waals surface area contributed by atoms with Crippen LogP contribution in [0.25, 0.3) is 0 Å². The Kier molecular flexibility index (Phi) is 7.78. The number of nitrogens with zero attached hydrogens (tertiary/aromatic N) is 1. The Morgan fingerprint density at radius 3 is 2.56 bits per heavy atom. The molecule has 1 aliphatic rings. The number of hydrogen-bond donors (Lipinski definition) is 0. The average Bonchev–Trinajstić information content (AvgIpc) is 2.42. The fourth-order valence-corrected chi connectivity index (χ4v) is 2.03. The van der Waals surface area contributed by atoms with Crippen LogP contribution >= 0.6 is 0 Å². The Bertz CT molecular complexity index is 278. The summed E-state index contributed by atoms with van der Waals surface area (Å²) in [7, 11) is 0. The predicted molar refractivity (Wildman–Crippen MR) is 75.6 cm³/mol. The topological polar surface area (TPSA) is 21.7 Å². The number of rotatable bonds is 7. The van der Waals surface area contributed by atoms with Crippen LogP contribution in [0.3, 0.4) is 0 Å². The van der Waals surface area contributed by atoms with E-state index >= 15 is 0 Å². The van der Waals surface area contributed by atoms with Gasteiger partial charge in [-0.25, -0.2) is 0 Å². The Morgan fingerprint density at radius 2 is 2.00 bits per heavy atom. The van der Waals surface area contributed by atoms with Gasteiger partial charge in [-0.05, 0) is 26.3 Å². The number of morpholine rings is 1. The van der Waals surface area contributed by atoms with Crippen LogP contribution in [-0.2, 0) is 9.47 Å². The minimum Gasteiger partial charge on any atom is -0.494 e. The molecule has 0 radical (unpaired) electrons. The molecule has 0 N–H and O–H groups in total. The van der Waals surface area contributed by atoms with E-state index in [0.29, 0.717) is 0 Å². The standard InChI is InChI=1S/C15H27NO2/c1-4-7-8-15(18-6-3)14(5-2)13-16-9-11-17-12-10-16/h5,8H,4,6-7,9-13H2,1-3H3/b14-5+,15-8-. The van der Waals surface area contributed by atoms with Crippen LogP contribution in [0.5, 0.6) is 0 Å². The highest BCUT2D eigenvalue weighted by molar-refractivity contribution is 5.27. The van der Waals surface area contributed by atoms with Crippen molar-refractivity contribution in [3.05, 3.63) is 23.5 Å². The Morgan fingerprint density at radius 1 is 1.28 bits per heavy atom. The molecule has 1 rings (SSSR count). The molecule has 0 aromatic rings. The monoisotopic (exact) mass is 253 g/mol. The van der Waals surface area contributed by atoms with Crippen LogP contribution in [0, 0.1) is 0 Å². The second-order valence-electron chi connectivity index (χ2n) is 4.49. The summed E-state index contributed by atoms with van der Waals surface area (Å²) in [6, 6.07) is 0. The second kappa shape index (κ2) is 9.17. The fraction of sp³-hybridized carbons (Fsp3) is 0.733. The summed E-state index contributed by atoms with van der Waals surface area (Å²) < 4.78 is 11.2. The number of hydrogen-bond acceptors (Lipinski definition) is 3. The van der Waals surface area contributed by atoms with Gasteiger partial charge in [0.05, 0.1) is 19.8 Å². The van der Waals surface area contributed by atoms with E-state index in [2.05, 4.69) is 30.9 Å². The molecule has 0 aliphatic carbocycles. The highest BCUT2D eigenvalue weighted by Crippen LogP contribution is 2.16. The summed E-state index contributed by atoms with van der Waals surface area (Å²) in [5.74, 6) is 1.06. The fourth-order valence-electron chi connectivity index (χ4n) is 2.03. The number of unbranched alkanes of at least 4 members (excludes halogenated alkanes) is 1. The summed E-state index contributed by atoms with van der Waals surface area (Å²) in [4.78, 5) is 2.43. The van der Waals surface area contributed by atoms with Crippen LogP contribution in [0.4, 0.5) is 0 Å². The Labute approximate surface area is 111 Å². The molecule has 104 valence electrons. The smallest absolute Gasteiger partial charge is 0.119 e. The van der Waals surface area contributed by atoms with Gasteiger partial charge in [0, 0.05) is 25.2 Å². The van der Waals surface area contributed by atoms with Crippen molar-refractivity contribution in [1.29, 1.82) is 0 Å². The second-order valence-corrected chi connectivity index (χ2v) is 4.49. The molecular weight excluding hydrogens is 226 g/mol. The molecule has 1 aliphatic heterocycles. The lowest BCUT2D eigenvalue weighted by molar-refractivity contribution is 0.0415. The molecule has 1 saturated heterocycles. The highest BCUT2D eigenvalue weighted by atomic mass is 16.5. The normalized spacial score (nSPS) is 19.1. The molecule has 1 heterocycles. The lowest BCUT2D eigenvalue weighted by Crippen LogP contribution is -2.37. The van der Waals surface area contributed by atoms with Gasteiger partial charge in [-0.2, -0.15) is 0 Å². The van der Waals surface area contributed by atoms with Crippen LogP contribution in [0.15, 0.2) is 23.5 Å². The first kappa shape index (κ1) is 15.3. The summed E-state index contributed by atoms with van der Waals surface area (Å²) >= 11 is 0. The molecule has 3 nitrogen and oxygen atoms in total. The van der Waals surface area contributed by atoms with E-state index in [0.717, 1.165) is 58.1 Å². The molecule has 0 atom stereocenters. The number of allylic oxidation sites excluding steroid dienone is 2. The van der Waals surface area contributed by atoms with Crippen LogP contribution in [-0.4, -0.2) is 44.4 Å². The molecule has 3 heteroatoms. The van der Waals surface area contributed by atoms with E-state index in [9.17, 15) is 0 Å². The first-order valence-electron chi connectivity index (χ1n) is 7.10. The first-order valence-corrected chi connectivity index (χ1v) is 7.10. The van der Waals surface area contributed by atoms with E-state index in [1.807, 2.05) is 6.92 Å². The Balaban J connectivity index is 2.60. The van der Waals surface area contributed by atoms with E-state index in [1.54, 1.807) is 0 Å². The van der Waals surface area contributed by atoms with Crippen LogP contribution < -0.4 is 0 Å². The zero-order valence-corrected chi connectivity index (χ0v) is 12.1. The van der Waals surface area contributed by atoms with Gasteiger partial charge in [-0.1, -0.05) is 19.4 Å². The molecule has 0 aromatic heterocycles. The SMILES string of the molecule is C/C=C(CN1CCOCC1)/C(=C/CCC)OCC. The third-order valence-corrected chi connectivity index (χ3v) is 3.08. The quantitative estimate of drug-likeness (QED) is 0.514. The Hall–Kier alpha value is -0.800. The van der Waals surface area contributed by atoms with Gasteiger partial charge in [-0.3, -0.25) is 4.90 Å². The molecule has 1 fully saturated rings. The largest absolute Gasteiger partial charge is 0.494 e. The maximum Gasteiger partial charge on any atom is 0.119 e. The highest BCUT2D eigenvalue weighted by Gasteiger charge is 2.14. The van der Waals surface area contributed by atoms with Crippen molar-refractivity contribution >= 4 is 0 Å². The van der Waals surface area contributed by atoms with E-state index in [1.165, 1.54) is 5.57 Å². The lowest BCUT2D eigenvalue weighted by atomic mass is 10.1. The third kappa shape index (κ3) is 5.23. The van der Waals surface area contributed by atoms with Gasteiger partial charge in [0.25, 0.3) is 0 Å². The van der Waals surface area contributed by atoms with Gasteiger partial charge in [-0.15, -0.1) is 0 Å². The number of ether oxygens (including phenoxy) is 2. The maximum absolute atomic E-state index is 5.77. The first-order chi connectivity index (χ1) is 8.81. The molecule has 0 spiro atoms. The summed E-state index contributed by atoms with van der Waals surface area (Å²) in [5, 5.41) is 0. The van der Waals surface area contributed by atoms with E-state index < -0.39 is 0 Å². The van der Waals surface area contributed by atoms with E-state index in [-0.39, 0.29) is 0 Å². The lowest BCUT2D eigenvalue weighted by Gasteiger charge is -2.28. The van der Waals surface area contributed by atoms with Crippen molar-refractivity contribution in [3.8, 4) is 0 Å². The summed E-state index contributed by atoms with van der Waals surface area (Å²) in [6.45, 7) is 11.8. The molecule has 0 bridgehead atoms. The van der Waals surface area contributed by atoms with Gasteiger partial charge in [0.2, 0.25) is 0 Å². The van der Waals surface area contributed by atoms with Crippen molar-refractivity contribution < 1.29 is 9.47 Å². The van der Waals surface area contributed by atoms with Crippen molar-refractivity contribution in [1.82, 2.24) is 4.90 Å². The third-order valence-electron chi connectivity index (χ3n) is 3.08. The molecular formula is C15H27NO2.